The molecule has 1 amide bonds. The van der Waals surface area contributed by atoms with E-state index in [1.54, 1.807) is 17.4 Å². The number of carboxylic acid groups (broad SMARTS) is 1. The first-order valence-electron chi connectivity index (χ1n) is 5.37. The number of aryl methyl sites for hydroxylation is 1. The predicted molar refractivity (Wildman–Crippen MR) is 69.7 cm³/mol. The highest BCUT2D eigenvalue weighted by atomic mass is 32.1. The quantitative estimate of drug-likeness (QED) is 0.914. The van der Waals surface area contributed by atoms with Crippen molar-refractivity contribution in [2.24, 2.45) is 0 Å². The highest BCUT2D eigenvalue weighted by molar-refractivity contribution is 7.10. The van der Waals surface area contributed by atoms with Crippen molar-refractivity contribution in [1.82, 2.24) is 0 Å². The first kappa shape index (κ1) is 12.6. The van der Waals surface area contributed by atoms with E-state index in [0.29, 0.717) is 0 Å². The third-order valence-electron chi connectivity index (χ3n) is 2.50. The summed E-state index contributed by atoms with van der Waals surface area (Å²) in [5.41, 5.74) is 0.942. The van der Waals surface area contributed by atoms with Crippen LogP contribution in [0.4, 0.5) is 14.9 Å². The number of halogens is 1. The number of amides is 1. The Hall–Kier alpha value is -1.88. The van der Waals surface area contributed by atoms with Gasteiger partial charge >= 0.3 is 6.09 Å². The summed E-state index contributed by atoms with van der Waals surface area (Å²) in [6, 6.07) is 7.77. The standard InChI is InChI=1S/C13H12FNO2S/c1-9-6-10(8-18-9)7-15(13(16)17)12-5-3-2-4-11(12)14/h2-6,8H,7H2,1H3,(H,16,17). The molecule has 0 aliphatic rings. The van der Waals surface area contributed by atoms with Gasteiger partial charge in [0.2, 0.25) is 0 Å². The molecule has 1 N–H and O–H groups in total. The minimum atomic E-state index is -1.16. The molecular weight excluding hydrogens is 253 g/mol. The van der Waals surface area contributed by atoms with E-state index in [2.05, 4.69) is 0 Å². The van der Waals surface area contributed by atoms with Crippen molar-refractivity contribution in [3.63, 3.8) is 0 Å². The van der Waals surface area contributed by atoms with Crippen LogP contribution in [0.15, 0.2) is 35.7 Å². The maximum atomic E-state index is 13.6. The van der Waals surface area contributed by atoms with Crippen molar-refractivity contribution in [2.75, 3.05) is 4.90 Å². The monoisotopic (exact) mass is 265 g/mol. The first-order chi connectivity index (χ1) is 8.58. The van der Waals surface area contributed by atoms with E-state index >= 15 is 0 Å². The number of anilines is 1. The fraction of sp³-hybridized carbons (Fsp3) is 0.154. The summed E-state index contributed by atoms with van der Waals surface area (Å²) in [6.07, 6.45) is -1.16. The van der Waals surface area contributed by atoms with Gasteiger partial charge < -0.3 is 5.11 Å². The van der Waals surface area contributed by atoms with Crippen molar-refractivity contribution in [2.45, 2.75) is 13.5 Å². The van der Waals surface area contributed by atoms with E-state index in [0.717, 1.165) is 15.3 Å². The number of benzene rings is 1. The Morgan fingerprint density at radius 1 is 1.44 bits per heavy atom. The van der Waals surface area contributed by atoms with Crippen molar-refractivity contribution < 1.29 is 14.3 Å². The van der Waals surface area contributed by atoms with E-state index in [4.69, 9.17) is 0 Å². The summed E-state index contributed by atoms with van der Waals surface area (Å²) in [6.45, 7) is 2.10. The summed E-state index contributed by atoms with van der Waals surface area (Å²) in [5, 5.41) is 11.1. The fourth-order valence-electron chi connectivity index (χ4n) is 1.69. The molecule has 0 spiro atoms. The Morgan fingerprint density at radius 2 is 2.17 bits per heavy atom. The molecule has 0 saturated heterocycles. The minimum Gasteiger partial charge on any atom is -0.465 e. The van der Waals surface area contributed by atoms with Crippen molar-refractivity contribution in [1.29, 1.82) is 0 Å². The van der Waals surface area contributed by atoms with E-state index < -0.39 is 11.9 Å². The lowest BCUT2D eigenvalue weighted by Crippen LogP contribution is -2.29. The van der Waals surface area contributed by atoms with Gasteiger partial charge in [-0.25, -0.2) is 9.18 Å². The summed E-state index contributed by atoms with van der Waals surface area (Å²) in [4.78, 5) is 13.3. The number of thiophene rings is 1. The van der Waals surface area contributed by atoms with Gasteiger partial charge in [-0.05, 0) is 36.1 Å². The van der Waals surface area contributed by atoms with Crippen LogP contribution in [0.25, 0.3) is 0 Å². The highest BCUT2D eigenvalue weighted by Gasteiger charge is 2.18. The zero-order valence-electron chi connectivity index (χ0n) is 9.76. The fourth-order valence-corrected chi connectivity index (χ4v) is 2.39. The number of nitrogens with zero attached hydrogens (tertiary/aromatic N) is 1. The molecule has 0 unspecified atom stereocenters. The minimum absolute atomic E-state index is 0.0776. The van der Waals surface area contributed by atoms with Gasteiger partial charge in [0.1, 0.15) is 5.82 Å². The topological polar surface area (TPSA) is 40.5 Å². The zero-order valence-corrected chi connectivity index (χ0v) is 10.6. The summed E-state index contributed by atoms with van der Waals surface area (Å²) < 4.78 is 13.6. The second-order valence-electron chi connectivity index (χ2n) is 3.89. The van der Waals surface area contributed by atoms with Crippen LogP contribution >= 0.6 is 11.3 Å². The van der Waals surface area contributed by atoms with Gasteiger partial charge in [0.05, 0.1) is 12.2 Å². The van der Waals surface area contributed by atoms with E-state index in [9.17, 15) is 14.3 Å². The van der Waals surface area contributed by atoms with Gasteiger partial charge in [0.15, 0.2) is 0 Å². The molecule has 1 heterocycles. The van der Waals surface area contributed by atoms with E-state index in [1.165, 1.54) is 18.2 Å². The van der Waals surface area contributed by atoms with Gasteiger partial charge in [-0.15, -0.1) is 11.3 Å². The SMILES string of the molecule is Cc1cc(CN(C(=O)O)c2ccccc2F)cs1. The van der Waals surface area contributed by atoms with Crippen LogP contribution in [0.2, 0.25) is 0 Å². The lowest BCUT2D eigenvalue weighted by atomic mass is 10.2. The molecule has 0 saturated carbocycles. The Labute approximate surface area is 108 Å². The third-order valence-corrected chi connectivity index (χ3v) is 3.41. The Morgan fingerprint density at radius 3 is 2.72 bits per heavy atom. The van der Waals surface area contributed by atoms with Crippen LogP contribution in [-0.4, -0.2) is 11.2 Å². The Bertz CT molecular complexity index is 568. The van der Waals surface area contributed by atoms with Crippen LogP contribution in [0, 0.1) is 12.7 Å². The van der Waals surface area contributed by atoms with E-state index in [-0.39, 0.29) is 12.2 Å². The molecule has 0 bridgehead atoms. The molecule has 1 aromatic carbocycles. The number of carbonyl (C=O) groups is 1. The molecule has 18 heavy (non-hydrogen) atoms. The van der Waals surface area contributed by atoms with Crippen LogP contribution in [-0.2, 0) is 6.54 Å². The van der Waals surface area contributed by atoms with Crippen LogP contribution < -0.4 is 4.90 Å². The summed E-state index contributed by atoms with van der Waals surface area (Å²) >= 11 is 1.54. The maximum Gasteiger partial charge on any atom is 0.412 e. The number of para-hydroxylation sites is 1. The molecule has 5 heteroatoms. The van der Waals surface area contributed by atoms with Crippen LogP contribution in [0.1, 0.15) is 10.4 Å². The van der Waals surface area contributed by atoms with Crippen LogP contribution in [0.3, 0.4) is 0 Å². The summed E-state index contributed by atoms with van der Waals surface area (Å²) in [7, 11) is 0. The maximum absolute atomic E-state index is 13.6. The number of rotatable bonds is 3. The summed E-state index contributed by atoms with van der Waals surface area (Å²) in [5.74, 6) is -0.535. The highest BCUT2D eigenvalue weighted by Crippen LogP contribution is 2.23. The Kier molecular flexibility index (Phi) is 3.62. The molecule has 1 aromatic heterocycles. The van der Waals surface area contributed by atoms with Gasteiger partial charge in [-0.1, -0.05) is 12.1 Å². The molecule has 2 aromatic rings. The second kappa shape index (κ2) is 5.18. The van der Waals surface area contributed by atoms with Crippen molar-refractivity contribution >= 4 is 23.1 Å². The predicted octanol–water partition coefficient (Wildman–Crippen LogP) is 3.88. The molecule has 0 aliphatic carbocycles. The lowest BCUT2D eigenvalue weighted by molar-refractivity contribution is 0.201. The smallest absolute Gasteiger partial charge is 0.412 e. The molecule has 3 nitrogen and oxygen atoms in total. The third kappa shape index (κ3) is 2.68. The Balaban J connectivity index is 2.30. The zero-order chi connectivity index (χ0) is 13.1. The van der Waals surface area contributed by atoms with Crippen molar-refractivity contribution in [3.05, 3.63) is 52.0 Å². The molecule has 0 fully saturated rings. The van der Waals surface area contributed by atoms with Crippen molar-refractivity contribution in [3.8, 4) is 0 Å². The molecule has 2 rings (SSSR count). The van der Waals surface area contributed by atoms with Gasteiger partial charge in [0, 0.05) is 4.88 Å². The first-order valence-corrected chi connectivity index (χ1v) is 6.25. The average molecular weight is 265 g/mol. The molecule has 0 atom stereocenters. The molecule has 0 radical (unpaired) electrons. The largest absolute Gasteiger partial charge is 0.465 e. The number of hydrogen-bond acceptors (Lipinski definition) is 2. The van der Waals surface area contributed by atoms with E-state index in [1.807, 2.05) is 18.4 Å². The molecular formula is C13H12FNO2S. The van der Waals surface area contributed by atoms with Gasteiger partial charge in [-0.3, -0.25) is 4.90 Å². The normalized spacial score (nSPS) is 10.3. The molecule has 94 valence electrons. The lowest BCUT2D eigenvalue weighted by Gasteiger charge is -2.19. The molecule has 0 aliphatic heterocycles. The van der Waals surface area contributed by atoms with Gasteiger partial charge in [-0.2, -0.15) is 0 Å². The van der Waals surface area contributed by atoms with Crippen LogP contribution in [0.5, 0.6) is 0 Å². The van der Waals surface area contributed by atoms with Gasteiger partial charge in [0.25, 0.3) is 0 Å². The second-order valence-corrected chi connectivity index (χ2v) is 5.00. The average Bonchev–Trinajstić information content (AvgIpc) is 2.73. The number of hydrogen-bond donors (Lipinski definition) is 1.